The minimum atomic E-state index is 0.895. The van der Waals surface area contributed by atoms with Crippen molar-refractivity contribution < 1.29 is 0 Å². The molecule has 2 nitrogen and oxygen atoms in total. The van der Waals surface area contributed by atoms with Gasteiger partial charge in [0.05, 0.1) is 0 Å². The first-order chi connectivity index (χ1) is 7.74. The Morgan fingerprint density at radius 2 is 1.94 bits per heavy atom. The zero-order valence-corrected chi connectivity index (χ0v) is 11.5. The van der Waals surface area contributed by atoms with E-state index in [4.69, 9.17) is 0 Å². The molecule has 2 unspecified atom stereocenters. The van der Waals surface area contributed by atoms with Crippen molar-refractivity contribution >= 4 is 0 Å². The van der Waals surface area contributed by atoms with Gasteiger partial charge in [-0.05, 0) is 63.7 Å². The smallest absolute Gasteiger partial charge is 0.000957 e. The van der Waals surface area contributed by atoms with Gasteiger partial charge in [-0.15, -0.1) is 0 Å². The van der Waals surface area contributed by atoms with Gasteiger partial charge in [0.15, 0.2) is 0 Å². The maximum Gasteiger partial charge on any atom is 0.000957 e. The van der Waals surface area contributed by atoms with Crippen LogP contribution in [0.15, 0.2) is 0 Å². The molecule has 1 rings (SSSR count). The van der Waals surface area contributed by atoms with E-state index in [1.54, 1.807) is 0 Å². The Kier molecular flexibility index (Phi) is 7.06. The number of hydrogen-bond donors (Lipinski definition) is 1. The van der Waals surface area contributed by atoms with Crippen LogP contribution < -0.4 is 5.32 Å². The fraction of sp³-hybridized carbons (Fsp3) is 1.00. The second-order valence-corrected chi connectivity index (χ2v) is 5.50. The Hall–Kier alpha value is -0.0800. The number of nitrogens with one attached hydrogen (secondary N) is 1. The van der Waals surface area contributed by atoms with Crippen LogP contribution in [0.2, 0.25) is 0 Å². The van der Waals surface area contributed by atoms with Crippen LogP contribution in [0.3, 0.4) is 0 Å². The highest BCUT2D eigenvalue weighted by molar-refractivity contribution is 4.74. The molecule has 2 heteroatoms. The lowest BCUT2D eigenvalue weighted by Gasteiger charge is -2.35. The summed E-state index contributed by atoms with van der Waals surface area (Å²) in [5.41, 5.74) is 0. The number of unbranched alkanes of at least 4 members (excludes halogenated alkanes) is 1. The summed E-state index contributed by atoms with van der Waals surface area (Å²) in [4.78, 5) is 2.66. The lowest BCUT2D eigenvalue weighted by Crippen LogP contribution is -2.39. The fourth-order valence-electron chi connectivity index (χ4n) is 2.44. The molecule has 2 atom stereocenters. The second kappa shape index (κ2) is 8.08. The highest BCUT2D eigenvalue weighted by atomic mass is 15.1. The molecule has 0 saturated carbocycles. The van der Waals surface area contributed by atoms with Crippen LogP contribution in [0, 0.1) is 11.8 Å². The van der Waals surface area contributed by atoms with E-state index in [0.29, 0.717) is 0 Å². The van der Waals surface area contributed by atoms with Crippen LogP contribution in [-0.4, -0.2) is 37.6 Å². The molecule has 1 fully saturated rings. The van der Waals surface area contributed by atoms with Crippen molar-refractivity contribution in [2.24, 2.45) is 11.8 Å². The molecule has 16 heavy (non-hydrogen) atoms. The molecule has 1 N–H and O–H groups in total. The standard InChI is InChI=1S/C14H30N2/c1-4-8-15-9-5-6-10-16-11-7-13(2)14(3)12-16/h13-15H,4-12H2,1-3H3. The zero-order valence-electron chi connectivity index (χ0n) is 11.5. The van der Waals surface area contributed by atoms with E-state index >= 15 is 0 Å². The van der Waals surface area contributed by atoms with Crippen molar-refractivity contribution in [2.45, 2.75) is 46.5 Å². The molecule has 0 amide bonds. The van der Waals surface area contributed by atoms with Crippen molar-refractivity contribution in [3.8, 4) is 0 Å². The number of rotatable bonds is 7. The minimum absolute atomic E-state index is 0.895. The molecule has 0 bridgehead atoms. The van der Waals surface area contributed by atoms with E-state index < -0.39 is 0 Å². The third-order valence-electron chi connectivity index (χ3n) is 3.92. The third-order valence-corrected chi connectivity index (χ3v) is 3.92. The maximum absolute atomic E-state index is 3.47. The Bertz CT molecular complexity index is 170. The lowest BCUT2D eigenvalue weighted by molar-refractivity contribution is 0.136. The van der Waals surface area contributed by atoms with Crippen LogP contribution in [-0.2, 0) is 0 Å². The monoisotopic (exact) mass is 226 g/mol. The van der Waals surface area contributed by atoms with Crippen molar-refractivity contribution in [3.05, 3.63) is 0 Å². The van der Waals surface area contributed by atoms with Gasteiger partial charge in [-0.3, -0.25) is 0 Å². The van der Waals surface area contributed by atoms with Crippen molar-refractivity contribution in [2.75, 3.05) is 32.7 Å². The van der Waals surface area contributed by atoms with E-state index in [-0.39, 0.29) is 0 Å². The Labute approximate surface area is 102 Å². The summed E-state index contributed by atoms with van der Waals surface area (Å²) in [7, 11) is 0. The molecular weight excluding hydrogens is 196 g/mol. The van der Waals surface area contributed by atoms with Crippen LogP contribution in [0.25, 0.3) is 0 Å². The molecule has 1 saturated heterocycles. The SMILES string of the molecule is CCCNCCCCN1CCC(C)C(C)C1. The van der Waals surface area contributed by atoms with Gasteiger partial charge in [-0.1, -0.05) is 20.8 Å². The summed E-state index contributed by atoms with van der Waals surface area (Å²) >= 11 is 0. The number of piperidine rings is 1. The lowest BCUT2D eigenvalue weighted by atomic mass is 9.88. The van der Waals surface area contributed by atoms with Gasteiger partial charge in [0.2, 0.25) is 0 Å². The van der Waals surface area contributed by atoms with E-state index in [1.807, 2.05) is 0 Å². The van der Waals surface area contributed by atoms with Crippen molar-refractivity contribution in [1.29, 1.82) is 0 Å². The predicted octanol–water partition coefficient (Wildman–Crippen LogP) is 2.74. The van der Waals surface area contributed by atoms with E-state index in [1.165, 1.54) is 58.4 Å². The maximum atomic E-state index is 3.47. The van der Waals surface area contributed by atoms with Crippen LogP contribution >= 0.6 is 0 Å². The first-order valence-electron chi connectivity index (χ1n) is 7.17. The number of nitrogens with zero attached hydrogens (tertiary/aromatic N) is 1. The van der Waals surface area contributed by atoms with E-state index in [2.05, 4.69) is 31.0 Å². The molecule has 0 aromatic rings. The number of hydrogen-bond acceptors (Lipinski definition) is 2. The molecule has 0 aromatic carbocycles. The second-order valence-electron chi connectivity index (χ2n) is 5.50. The first-order valence-corrected chi connectivity index (χ1v) is 7.17. The molecule has 1 aliphatic rings. The summed E-state index contributed by atoms with van der Waals surface area (Å²) in [6.45, 7) is 13.4. The number of likely N-dealkylation sites (tertiary alicyclic amines) is 1. The molecule has 1 aliphatic heterocycles. The van der Waals surface area contributed by atoms with Crippen molar-refractivity contribution in [1.82, 2.24) is 10.2 Å². The minimum Gasteiger partial charge on any atom is -0.317 e. The average Bonchev–Trinajstić information content (AvgIpc) is 2.28. The van der Waals surface area contributed by atoms with Crippen LogP contribution in [0.4, 0.5) is 0 Å². The summed E-state index contributed by atoms with van der Waals surface area (Å²) < 4.78 is 0. The van der Waals surface area contributed by atoms with Crippen LogP contribution in [0.1, 0.15) is 46.5 Å². The van der Waals surface area contributed by atoms with Crippen LogP contribution in [0.5, 0.6) is 0 Å². The molecule has 0 spiro atoms. The topological polar surface area (TPSA) is 15.3 Å². The fourth-order valence-corrected chi connectivity index (χ4v) is 2.44. The largest absolute Gasteiger partial charge is 0.317 e. The normalized spacial score (nSPS) is 27.2. The van der Waals surface area contributed by atoms with Gasteiger partial charge in [0, 0.05) is 6.54 Å². The molecule has 0 radical (unpaired) electrons. The molecule has 1 heterocycles. The Morgan fingerprint density at radius 3 is 2.62 bits per heavy atom. The highest BCUT2D eigenvalue weighted by Crippen LogP contribution is 2.22. The average molecular weight is 226 g/mol. The Morgan fingerprint density at radius 1 is 1.12 bits per heavy atom. The molecule has 0 aromatic heterocycles. The summed E-state index contributed by atoms with van der Waals surface area (Å²) in [5, 5.41) is 3.47. The van der Waals surface area contributed by atoms with Gasteiger partial charge >= 0.3 is 0 Å². The van der Waals surface area contributed by atoms with Crippen molar-refractivity contribution in [3.63, 3.8) is 0 Å². The van der Waals surface area contributed by atoms with Gasteiger partial charge in [0.1, 0.15) is 0 Å². The molecule has 0 aliphatic carbocycles. The summed E-state index contributed by atoms with van der Waals surface area (Å²) in [6.07, 6.45) is 5.34. The van der Waals surface area contributed by atoms with Gasteiger partial charge in [-0.2, -0.15) is 0 Å². The van der Waals surface area contributed by atoms with Gasteiger partial charge < -0.3 is 10.2 Å². The first kappa shape index (κ1) is 14.0. The van der Waals surface area contributed by atoms with Gasteiger partial charge in [0.25, 0.3) is 0 Å². The predicted molar refractivity (Wildman–Crippen MR) is 71.8 cm³/mol. The third kappa shape index (κ3) is 5.31. The zero-order chi connectivity index (χ0) is 11.8. The quantitative estimate of drug-likeness (QED) is 0.672. The Balaban J connectivity index is 1.97. The van der Waals surface area contributed by atoms with E-state index in [0.717, 1.165) is 11.8 Å². The molecular formula is C14H30N2. The van der Waals surface area contributed by atoms with Gasteiger partial charge in [-0.25, -0.2) is 0 Å². The molecule has 96 valence electrons. The summed E-state index contributed by atoms with van der Waals surface area (Å²) in [6, 6.07) is 0. The highest BCUT2D eigenvalue weighted by Gasteiger charge is 2.21. The summed E-state index contributed by atoms with van der Waals surface area (Å²) in [5.74, 6) is 1.83. The van der Waals surface area contributed by atoms with E-state index in [9.17, 15) is 0 Å².